The van der Waals surface area contributed by atoms with E-state index in [4.69, 9.17) is 16.3 Å². The van der Waals surface area contributed by atoms with Gasteiger partial charge in [0.15, 0.2) is 0 Å². The minimum atomic E-state index is -3.53. The van der Waals surface area contributed by atoms with E-state index in [-0.39, 0.29) is 19.0 Å². The average Bonchev–Trinajstić information content (AvgIpc) is 2.60. The van der Waals surface area contributed by atoms with Crippen LogP contribution in [-0.4, -0.2) is 40.8 Å². The monoisotopic (exact) mass is 396 g/mol. The number of sulfonamides is 1. The molecule has 0 saturated carbocycles. The van der Waals surface area contributed by atoms with Crippen LogP contribution >= 0.6 is 11.6 Å². The second-order valence-corrected chi connectivity index (χ2v) is 7.99. The Labute approximate surface area is 158 Å². The maximum atomic E-state index is 12.3. The van der Waals surface area contributed by atoms with Crippen molar-refractivity contribution in [2.24, 2.45) is 0 Å². The number of ether oxygens (including phenoxy) is 1. The topological polar surface area (TPSA) is 75.7 Å². The van der Waals surface area contributed by atoms with Crippen molar-refractivity contribution in [3.63, 3.8) is 0 Å². The summed E-state index contributed by atoms with van der Waals surface area (Å²) >= 11 is 6.10. The van der Waals surface area contributed by atoms with Crippen LogP contribution in [0.25, 0.3) is 0 Å². The number of hydrogen-bond donors (Lipinski definition) is 1. The molecule has 0 aliphatic rings. The Hall–Kier alpha value is -2.25. The van der Waals surface area contributed by atoms with Crippen LogP contribution in [0.5, 0.6) is 5.75 Å². The van der Waals surface area contributed by atoms with Gasteiger partial charge in [0.1, 0.15) is 5.75 Å². The van der Waals surface area contributed by atoms with E-state index < -0.39 is 10.0 Å². The number of amides is 1. The van der Waals surface area contributed by atoms with Gasteiger partial charge in [-0.3, -0.25) is 9.10 Å². The highest BCUT2D eigenvalue weighted by molar-refractivity contribution is 7.92. The van der Waals surface area contributed by atoms with Gasteiger partial charge in [0, 0.05) is 11.6 Å². The molecule has 2 rings (SSSR count). The Morgan fingerprint density at radius 3 is 2.54 bits per heavy atom. The van der Waals surface area contributed by atoms with Crippen molar-refractivity contribution in [1.82, 2.24) is 5.32 Å². The highest BCUT2D eigenvalue weighted by Crippen LogP contribution is 2.27. The average molecular weight is 397 g/mol. The Bertz CT molecular complexity index is 900. The summed E-state index contributed by atoms with van der Waals surface area (Å²) < 4.78 is 30.8. The molecule has 0 spiro atoms. The van der Waals surface area contributed by atoms with Crippen molar-refractivity contribution < 1.29 is 17.9 Å². The van der Waals surface area contributed by atoms with Gasteiger partial charge >= 0.3 is 0 Å². The summed E-state index contributed by atoms with van der Waals surface area (Å²) in [6.07, 6.45) is 1.12. The largest absolute Gasteiger partial charge is 0.496 e. The van der Waals surface area contributed by atoms with Gasteiger partial charge in [0.2, 0.25) is 10.0 Å². The van der Waals surface area contributed by atoms with Crippen molar-refractivity contribution in [1.29, 1.82) is 0 Å². The number of hydrogen-bond acceptors (Lipinski definition) is 4. The SMILES string of the molecule is COc1ccccc1C(=O)NCCN(c1cccc(Cl)c1C)S(C)(=O)=O. The predicted molar refractivity (Wildman–Crippen MR) is 104 cm³/mol. The third-order valence-electron chi connectivity index (χ3n) is 3.86. The maximum Gasteiger partial charge on any atom is 0.255 e. The standard InChI is InChI=1S/C18H21ClN2O4S/c1-13-15(19)8-6-9-16(13)21(26(3,23)24)12-11-20-18(22)14-7-4-5-10-17(14)25-2/h4-10H,11-12H2,1-3H3,(H,20,22). The number of benzene rings is 2. The van der Waals surface area contributed by atoms with E-state index in [2.05, 4.69) is 5.32 Å². The van der Waals surface area contributed by atoms with Crippen molar-refractivity contribution in [2.45, 2.75) is 6.92 Å². The first-order valence-electron chi connectivity index (χ1n) is 7.89. The fourth-order valence-corrected chi connectivity index (χ4v) is 3.68. The fourth-order valence-electron chi connectivity index (χ4n) is 2.53. The summed E-state index contributed by atoms with van der Waals surface area (Å²) in [5, 5.41) is 3.20. The maximum absolute atomic E-state index is 12.3. The third kappa shape index (κ3) is 4.68. The molecular weight excluding hydrogens is 376 g/mol. The molecule has 2 aromatic carbocycles. The van der Waals surface area contributed by atoms with Gasteiger partial charge in [-0.25, -0.2) is 8.42 Å². The van der Waals surface area contributed by atoms with Crippen LogP contribution in [0, 0.1) is 6.92 Å². The molecule has 0 atom stereocenters. The quantitative estimate of drug-likeness (QED) is 0.780. The zero-order valence-electron chi connectivity index (χ0n) is 14.8. The lowest BCUT2D eigenvalue weighted by Crippen LogP contribution is -2.38. The first-order valence-corrected chi connectivity index (χ1v) is 10.1. The van der Waals surface area contributed by atoms with Gasteiger partial charge < -0.3 is 10.1 Å². The summed E-state index contributed by atoms with van der Waals surface area (Å²) in [5.41, 5.74) is 1.54. The van der Waals surface area contributed by atoms with Crippen LogP contribution in [0.15, 0.2) is 42.5 Å². The molecule has 8 heteroatoms. The molecular formula is C18H21ClN2O4S. The van der Waals surface area contributed by atoms with E-state index in [1.165, 1.54) is 11.4 Å². The molecule has 0 saturated heterocycles. The van der Waals surface area contributed by atoms with Gasteiger partial charge in [-0.05, 0) is 36.8 Å². The van der Waals surface area contributed by atoms with Gasteiger partial charge in [0.05, 0.1) is 31.2 Å². The fraction of sp³-hybridized carbons (Fsp3) is 0.278. The lowest BCUT2D eigenvalue weighted by Gasteiger charge is -2.24. The summed E-state index contributed by atoms with van der Waals surface area (Å²) in [6, 6.07) is 11.9. The summed E-state index contributed by atoms with van der Waals surface area (Å²) in [6.45, 7) is 1.97. The zero-order valence-corrected chi connectivity index (χ0v) is 16.4. The molecule has 140 valence electrons. The molecule has 0 fully saturated rings. The molecule has 0 aliphatic carbocycles. The van der Waals surface area contributed by atoms with E-state index in [0.29, 0.717) is 27.6 Å². The summed E-state index contributed by atoms with van der Waals surface area (Å²) in [7, 11) is -2.05. The Morgan fingerprint density at radius 1 is 1.19 bits per heavy atom. The van der Waals surface area contributed by atoms with Crippen LogP contribution < -0.4 is 14.4 Å². The molecule has 1 N–H and O–H groups in total. The molecule has 0 unspecified atom stereocenters. The lowest BCUT2D eigenvalue weighted by atomic mass is 10.2. The van der Waals surface area contributed by atoms with E-state index in [1.54, 1.807) is 49.4 Å². The summed E-state index contributed by atoms with van der Waals surface area (Å²) in [4.78, 5) is 12.3. The van der Waals surface area contributed by atoms with Gasteiger partial charge in [-0.1, -0.05) is 29.8 Å². The van der Waals surface area contributed by atoms with Crippen LogP contribution in [0.1, 0.15) is 15.9 Å². The molecule has 0 aromatic heterocycles. The smallest absolute Gasteiger partial charge is 0.255 e. The van der Waals surface area contributed by atoms with E-state index in [1.807, 2.05) is 0 Å². The molecule has 0 heterocycles. The molecule has 0 radical (unpaired) electrons. The highest BCUT2D eigenvalue weighted by Gasteiger charge is 2.20. The number of para-hydroxylation sites is 1. The second-order valence-electron chi connectivity index (χ2n) is 5.68. The number of carbonyl (C=O) groups excluding carboxylic acids is 1. The van der Waals surface area contributed by atoms with Crippen LogP contribution in [-0.2, 0) is 10.0 Å². The predicted octanol–water partition coefficient (Wildman–Crippen LogP) is 2.85. The molecule has 0 aliphatic heterocycles. The Morgan fingerprint density at radius 2 is 1.88 bits per heavy atom. The number of nitrogens with zero attached hydrogens (tertiary/aromatic N) is 1. The Balaban J connectivity index is 2.14. The van der Waals surface area contributed by atoms with E-state index >= 15 is 0 Å². The Kier molecular flexibility index (Phi) is 6.50. The van der Waals surface area contributed by atoms with Gasteiger partial charge in [0.25, 0.3) is 5.91 Å². The van der Waals surface area contributed by atoms with Crippen LogP contribution in [0.3, 0.4) is 0 Å². The number of anilines is 1. The molecule has 2 aromatic rings. The van der Waals surface area contributed by atoms with E-state index in [0.717, 1.165) is 6.26 Å². The van der Waals surface area contributed by atoms with Crippen molar-refractivity contribution in [2.75, 3.05) is 30.8 Å². The van der Waals surface area contributed by atoms with Gasteiger partial charge in [-0.15, -0.1) is 0 Å². The highest BCUT2D eigenvalue weighted by atomic mass is 35.5. The van der Waals surface area contributed by atoms with Gasteiger partial charge in [-0.2, -0.15) is 0 Å². The van der Waals surface area contributed by atoms with E-state index in [9.17, 15) is 13.2 Å². The second kappa shape index (κ2) is 8.42. The minimum Gasteiger partial charge on any atom is -0.496 e. The van der Waals surface area contributed by atoms with Crippen molar-refractivity contribution in [3.05, 3.63) is 58.6 Å². The van der Waals surface area contributed by atoms with Crippen molar-refractivity contribution >= 4 is 33.2 Å². The number of nitrogens with one attached hydrogen (secondary N) is 1. The normalized spacial score (nSPS) is 11.1. The third-order valence-corrected chi connectivity index (χ3v) is 5.45. The molecule has 26 heavy (non-hydrogen) atoms. The van der Waals surface area contributed by atoms with Crippen LogP contribution in [0.2, 0.25) is 5.02 Å². The zero-order chi connectivity index (χ0) is 19.3. The molecule has 1 amide bonds. The number of halogens is 1. The molecule has 6 nitrogen and oxygen atoms in total. The number of carbonyl (C=O) groups is 1. The summed E-state index contributed by atoms with van der Waals surface area (Å²) in [5.74, 6) is 0.120. The first kappa shape index (κ1) is 20.1. The number of methoxy groups -OCH3 is 1. The van der Waals surface area contributed by atoms with Crippen LogP contribution in [0.4, 0.5) is 5.69 Å². The first-order chi connectivity index (χ1) is 12.3. The lowest BCUT2D eigenvalue weighted by molar-refractivity contribution is 0.0952. The number of rotatable bonds is 7. The minimum absolute atomic E-state index is 0.0842. The molecule has 0 bridgehead atoms. The van der Waals surface area contributed by atoms with Crippen molar-refractivity contribution in [3.8, 4) is 5.75 Å².